The maximum atomic E-state index is 13.7. The summed E-state index contributed by atoms with van der Waals surface area (Å²) in [5.74, 6) is 0.464. The molecule has 0 saturated heterocycles. The van der Waals surface area contributed by atoms with E-state index < -0.39 is 0 Å². The number of thiazole rings is 1. The highest BCUT2D eigenvalue weighted by Gasteiger charge is 2.10. The average Bonchev–Trinajstić information content (AvgIpc) is 3.03. The largest absolute Gasteiger partial charge is 0.354 e. The Kier molecular flexibility index (Phi) is 6.14. The Bertz CT molecular complexity index is 711. The smallest absolute Gasteiger partial charge is 0.191 e. The van der Waals surface area contributed by atoms with E-state index in [0.29, 0.717) is 18.1 Å². The number of hydrogen-bond acceptors (Lipinski definition) is 4. The van der Waals surface area contributed by atoms with E-state index in [1.54, 1.807) is 37.4 Å². The molecule has 24 heavy (non-hydrogen) atoms. The van der Waals surface area contributed by atoms with E-state index in [1.165, 1.54) is 0 Å². The summed E-state index contributed by atoms with van der Waals surface area (Å²) in [7, 11) is 5.65. The molecule has 0 radical (unpaired) electrons. The van der Waals surface area contributed by atoms with Crippen molar-refractivity contribution in [2.75, 3.05) is 26.0 Å². The molecule has 0 aliphatic heterocycles. The quantitative estimate of drug-likeness (QED) is 0.643. The van der Waals surface area contributed by atoms with Crippen molar-refractivity contribution in [2.24, 2.45) is 4.99 Å². The predicted molar refractivity (Wildman–Crippen MR) is 99.3 cm³/mol. The maximum Gasteiger partial charge on any atom is 0.191 e. The molecule has 1 heterocycles. The molecule has 1 aromatic heterocycles. The van der Waals surface area contributed by atoms with Crippen LogP contribution in [-0.2, 0) is 6.54 Å². The van der Waals surface area contributed by atoms with E-state index >= 15 is 0 Å². The molecule has 7 heteroatoms. The molecule has 0 aliphatic rings. The second-order valence-corrected chi connectivity index (χ2v) is 6.65. The fourth-order valence-corrected chi connectivity index (χ4v) is 2.88. The van der Waals surface area contributed by atoms with Crippen molar-refractivity contribution in [3.8, 4) is 0 Å². The van der Waals surface area contributed by atoms with E-state index in [9.17, 15) is 4.39 Å². The number of benzene rings is 1. The van der Waals surface area contributed by atoms with Crippen molar-refractivity contribution >= 4 is 22.4 Å². The number of hydrogen-bond donors (Lipinski definition) is 2. The van der Waals surface area contributed by atoms with Crippen LogP contribution in [0.2, 0.25) is 0 Å². The Morgan fingerprint density at radius 3 is 2.75 bits per heavy atom. The lowest BCUT2D eigenvalue weighted by atomic mass is 10.1. The molecule has 5 nitrogen and oxygen atoms in total. The van der Waals surface area contributed by atoms with Gasteiger partial charge in [0.05, 0.1) is 18.3 Å². The number of halogens is 1. The molecule has 0 saturated carbocycles. The molecule has 0 amide bonds. The summed E-state index contributed by atoms with van der Waals surface area (Å²) >= 11 is 1.60. The Morgan fingerprint density at radius 2 is 2.17 bits per heavy atom. The van der Waals surface area contributed by atoms with Crippen LogP contribution >= 0.6 is 11.3 Å². The normalized spacial score (nSPS) is 12.8. The van der Waals surface area contributed by atoms with Gasteiger partial charge in [0.1, 0.15) is 5.82 Å². The van der Waals surface area contributed by atoms with Gasteiger partial charge >= 0.3 is 0 Å². The number of guanidine groups is 1. The molecule has 0 spiro atoms. The highest BCUT2D eigenvalue weighted by Crippen LogP contribution is 2.18. The third-order valence-electron chi connectivity index (χ3n) is 3.63. The van der Waals surface area contributed by atoms with Crippen molar-refractivity contribution in [3.63, 3.8) is 0 Å². The molecule has 1 aromatic carbocycles. The van der Waals surface area contributed by atoms with Gasteiger partial charge in [-0.05, 0) is 31.0 Å². The zero-order valence-electron chi connectivity index (χ0n) is 14.7. The molecule has 2 N–H and O–H groups in total. The van der Waals surface area contributed by atoms with Crippen molar-refractivity contribution < 1.29 is 4.39 Å². The first-order chi connectivity index (χ1) is 11.4. The topological polar surface area (TPSA) is 52.6 Å². The van der Waals surface area contributed by atoms with Crippen molar-refractivity contribution in [1.82, 2.24) is 15.6 Å². The molecule has 0 aliphatic carbocycles. The van der Waals surface area contributed by atoms with Gasteiger partial charge in [0.25, 0.3) is 0 Å². The standard InChI is InChI=1S/C17H24FN5S/c1-11-6-7-13(8-15(11)18)12(2)21-16(19-3)20-9-14-10-24-17(22-14)23(4)5/h6-8,10,12H,9H2,1-5H3,(H2,19,20,21). The van der Waals surface area contributed by atoms with E-state index in [4.69, 9.17) is 0 Å². The van der Waals surface area contributed by atoms with Gasteiger partial charge < -0.3 is 15.5 Å². The fraction of sp³-hybridized carbons (Fsp3) is 0.412. The lowest BCUT2D eigenvalue weighted by Crippen LogP contribution is -2.38. The summed E-state index contributed by atoms with van der Waals surface area (Å²) in [6, 6.07) is 5.22. The second-order valence-electron chi connectivity index (χ2n) is 5.82. The predicted octanol–water partition coefficient (Wildman–Crippen LogP) is 3.08. The van der Waals surface area contributed by atoms with Gasteiger partial charge in [0, 0.05) is 26.5 Å². The third kappa shape index (κ3) is 4.67. The third-order valence-corrected chi connectivity index (χ3v) is 4.69. The molecule has 130 valence electrons. The number of rotatable bonds is 5. The molecule has 0 fully saturated rings. The van der Waals surface area contributed by atoms with Crippen LogP contribution in [0.5, 0.6) is 0 Å². The Labute approximate surface area is 146 Å². The van der Waals surface area contributed by atoms with E-state index in [0.717, 1.165) is 16.4 Å². The van der Waals surface area contributed by atoms with E-state index in [2.05, 4.69) is 20.6 Å². The van der Waals surface area contributed by atoms with Crippen LogP contribution in [0.25, 0.3) is 0 Å². The average molecular weight is 349 g/mol. The molecular formula is C17H24FN5S. The Hall–Kier alpha value is -2.15. The minimum atomic E-state index is -0.192. The van der Waals surface area contributed by atoms with Gasteiger partial charge in [0.2, 0.25) is 0 Å². The van der Waals surface area contributed by atoms with Gasteiger partial charge in [-0.15, -0.1) is 11.3 Å². The first-order valence-corrected chi connectivity index (χ1v) is 8.63. The molecule has 1 atom stereocenters. The van der Waals surface area contributed by atoms with Crippen LogP contribution in [0.15, 0.2) is 28.6 Å². The number of anilines is 1. The summed E-state index contributed by atoms with van der Waals surface area (Å²) < 4.78 is 13.7. The summed E-state index contributed by atoms with van der Waals surface area (Å²) in [6.45, 7) is 4.32. The van der Waals surface area contributed by atoms with Gasteiger partial charge in [-0.1, -0.05) is 12.1 Å². The monoisotopic (exact) mass is 349 g/mol. The van der Waals surface area contributed by atoms with E-state index in [-0.39, 0.29) is 11.9 Å². The lowest BCUT2D eigenvalue weighted by molar-refractivity contribution is 0.607. The molecule has 2 aromatic rings. The van der Waals surface area contributed by atoms with Gasteiger partial charge in [-0.25, -0.2) is 9.37 Å². The first-order valence-electron chi connectivity index (χ1n) is 7.75. The molecule has 0 bridgehead atoms. The van der Waals surface area contributed by atoms with E-state index in [1.807, 2.05) is 37.4 Å². The number of aryl methyl sites for hydroxylation is 1. The van der Waals surface area contributed by atoms with Crippen molar-refractivity contribution in [2.45, 2.75) is 26.4 Å². The zero-order valence-corrected chi connectivity index (χ0v) is 15.5. The SMILES string of the molecule is CN=C(NCc1csc(N(C)C)n1)NC(C)c1ccc(C)c(F)c1. The van der Waals surface area contributed by atoms with Crippen LogP contribution in [0, 0.1) is 12.7 Å². The van der Waals surface area contributed by atoms with Crippen molar-refractivity contribution in [3.05, 3.63) is 46.2 Å². The van der Waals surface area contributed by atoms with Crippen LogP contribution in [-0.4, -0.2) is 32.1 Å². The van der Waals surface area contributed by atoms with Gasteiger partial charge in [-0.3, -0.25) is 4.99 Å². The highest BCUT2D eigenvalue weighted by atomic mass is 32.1. The number of nitrogens with one attached hydrogen (secondary N) is 2. The Balaban J connectivity index is 1.94. The maximum absolute atomic E-state index is 13.7. The van der Waals surface area contributed by atoms with Crippen LogP contribution in [0.3, 0.4) is 0 Å². The van der Waals surface area contributed by atoms with Crippen LogP contribution in [0.1, 0.15) is 29.8 Å². The summed E-state index contributed by atoms with van der Waals surface area (Å²) in [4.78, 5) is 10.7. The number of nitrogens with zero attached hydrogens (tertiary/aromatic N) is 3. The van der Waals surface area contributed by atoms with Crippen LogP contribution < -0.4 is 15.5 Å². The second kappa shape index (κ2) is 8.10. The molecule has 2 rings (SSSR count). The van der Waals surface area contributed by atoms with Gasteiger partial charge in [-0.2, -0.15) is 0 Å². The minimum Gasteiger partial charge on any atom is -0.354 e. The summed E-state index contributed by atoms with van der Waals surface area (Å²) in [5, 5.41) is 9.50. The minimum absolute atomic E-state index is 0.0564. The summed E-state index contributed by atoms with van der Waals surface area (Å²) in [6.07, 6.45) is 0. The van der Waals surface area contributed by atoms with Crippen molar-refractivity contribution in [1.29, 1.82) is 0 Å². The lowest BCUT2D eigenvalue weighted by Gasteiger charge is -2.18. The number of aromatic nitrogens is 1. The first kappa shape index (κ1) is 18.2. The highest BCUT2D eigenvalue weighted by molar-refractivity contribution is 7.13. The molecule has 1 unspecified atom stereocenters. The Morgan fingerprint density at radius 1 is 1.42 bits per heavy atom. The zero-order chi connectivity index (χ0) is 17.7. The molecular weight excluding hydrogens is 325 g/mol. The van der Waals surface area contributed by atoms with Gasteiger partial charge in [0.15, 0.2) is 11.1 Å². The fourth-order valence-electron chi connectivity index (χ4n) is 2.12. The van der Waals surface area contributed by atoms with Crippen LogP contribution in [0.4, 0.5) is 9.52 Å². The number of aliphatic imine (C=N–C) groups is 1. The summed E-state index contributed by atoms with van der Waals surface area (Å²) in [5.41, 5.74) is 2.49.